The number of nitriles is 1. The first kappa shape index (κ1) is 102. The number of benzene rings is 8. The predicted octanol–water partition coefficient (Wildman–Crippen LogP) is 20.5. The van der Waals surface area contributed by atoms with Crippen molar-refractivity contribution in [3.8, 4) is 40.6 Å². The third kappa shape index (κ3) is 21.4. The van der Waals surface area contributed by atoms with Gasteiger partial charge >= 0.3 is 18.9 Å². The largest absolute Gasteiger partial charge is 0.586 e. The van der Waals surface area contributed by atoms with E-state index in [4.69, 9.17) is 23.2 Å². The summed E-state index contributed by atoms with van der Waals surface area (Å²) in [5, 5.41) is 95.1. The summed E-state index contributed by atoms with van der Waals surface area (Å²) in [5.74, 6) is -0.899. The molecule has 3 aliphatic heterocycles. The van der Waals surface area contributed by atoms with Crippen LogP contribution in [0.1, 0.15) is 207 Å². The molecule has 5 fully saturated rings. The molecular weight excluding hydrogens is 1920 g/mol. The number of aliphatic hydroxyl groups is 7. The fourth-order valence-electron chi connectivity index (χ4n) is 19.2. The lowest BCUT2D eigenvalue weighted by atomic mass is 9.83. The monoisotopic (exact) mass is 2060 g/mol. The first-order chi connectivity index (χ1) is 67.2. The molecule has 29 nitrogen and oxygen atoms in total. The van der Waals surface area contributed by atoms with Gasteiger partial charge in [0.25, 0.3) is 0 Å². The number of aromatic nitrogens is 4. The lowest BCUT2D eigenvalue weighted by Crippen LogP contribution is -2.34. The van der Waals surface area contributed by atoms with E-state index in [1.54, 1.807) is 48.5 Å². The highest BCUT2D eigenvalue weighted by molar-refractivity contribution is 7.88. The van der Waals surface area contributed by atoms with Gasteiger partial charge in [-0.15, -0.1) is 26.3 Å². The van der Waals surface area contributed by atoms with Gasteiger partial charge in [0.15, 0.2) is 34.5 Å². The number of halogens is 8. The number of carbonyl (C=O) groups excluding carboxylic acids is 4. The third-order valence-electron chi connectivity index (χ3n) is 27.6. The van der Waals surface area contributed by atoms with Crippen LogP contribution in [0.5, 0.6) is 34.5 Å². The summed E-state index contributed by atoms with van der Waals surface area (Å²) in [6, 6.07) is 49.2. The number of nitrogens with zero attached hydrogens (tertiary/aromatic N) is 5. The smallest absolute Gasteiger partial charge is 0.395 e. The Bertz CT molecular complexity index is 7240. The maximum Gasteiger partial charge on any atom is 0.586 e. The van der Waals surface area contributed by atoms with Crippen LogP contribution in [0.2, 0.25) is 10.0 Å². The van der Waals surface area contributed by atoms with E-state index in [1.165, 1.54) is 42.8 Å². The minimum absolute atomic E-state index is 0. The highest BCUT2D eigenvalue weighted by atomic mass is 35.5. The van der Waals surface area contributed by atoms with Crippen molar-refractivity contribution in [3.63, 3.8) is 0 Å². The second-order valence-electron chi connectivity index (χ2n) is 41.4. The van der Waals surface area contributed by atoms with Crippen molar-refractivity contribution in [1.29, 1.82) is 5.26 Å². The summed E-state index contributed by atoms with van der Waals surface area (Å²) in [5.41, 5.74) is 8.71. The summed E-state index contributed by atoms with van der Waals surface area (Å²) in [4.78, 5) is 53.3. The van der Waals surface area contributed by atoms with Gasteiger partial charge in [-0.2, -0.15) is 5.26 Å². The number of aliphatic hydroxyl groups excluding tert-OH is 7. The summed E-state index contributed by atoms with van der Waals surface area (Å²) < 4.78 is 141. The van der Waals surface area contributed by atoms with Gasteiger partial charge in [0.2, 0.25) is 33.7 Å². The van der Waals surface area contributed by atoms with Crippen LogP contribution in [0, 0.1) is 11.3 Å². The first-order valence-corrected chi connectivity index (χ1v) is 49.8. The minimum atomic E-state index is -3.74. The number of rotatable bonds is 27. The Morgan fingerprint density at radius 3 is 1.08 bits per heavy atom. The van der Waals surface area contributed by atoms with Gasteiger partial charge in [0.05, 0.1) is 120 Å². The Hall–Kier alpha value is -12.1. The van der Waals surface area contributed by atoms with E-state index in [-0.39, 0.29) is 130 Å². The minimum Gasteiger partial charge on any atom is -0.395 e. The number of nitrogens with one attached hydrogen (secondary N) is 5. The van der Waals surface area contributed by atoms with Crippen molar-refractivity contribution in [2.24, 2.45) is 0 Å². The molecule has 782 valence electrons. The Kier molecular flexibility index (Phi) is 27.3. The molecule has 4 aromatic heterocycles. The van der Waals surface area contributed by atoms with Crippen LogP contribution < -0.4 is 54.4 Å². The van der Waals surface area contributed by atoms with Gasteiger partial charge in [-0.05, 0) is 232 Å². The van der Waals surface area contributed by atoms with Crippen LogP contribution in [-0.4, -0.2) is 162 Å². The summed E-state index contributed by atoms with van der Waals surface area (Å²) >= 11 is 12.2. The van der Waals surface area contributed by atoms with E-state index < -0.39 is 81.6 Å². The molecule has 7 heterocycles. The van der Waals surface area contributed by atoms with Gasteiger partial charge in [-0.1, -0.05) is 116 Å². The molecule has 0 unspecified atom stereocenters. The molecule has 8 aromatic carbocycles. The number of sulfonamides is 1. The normalized spacial score (nSPS) is 18.2. The highest BCUT2D eigenvalue weighted by Crippen LogP contribution is 2.57. The van der Waals surface area contributed by atoms with Crippen molar-refractivity contribution < 1.29 is 135 Å². The molecule has 4 atom stereocenters. The van der Waals surface area contributed by atoms with E-state index >= 15 is 0 Å². The summed E-state index contributed by atoms with van der Waals surface area (Å²) in [6.07, 6.45) is -5.44. The third-order valence-corrected chi connectivity index (χ3v) is 29.0. The van der Waals surface area contributed by atoms with Crippen LogP contribution in [-0.2, 0) is 93.3 Å². The van der Waals surface area contributed by atoms with E-state index in [2.05, 4.69) is 98.0 Å². The number of amides is 4. The van der Waals surface area contributed by atoms with E-state index in [9.17, 15) is 94.9 Å². The van der Waals surface area contributed by atoms with Crippen molar-refractivity contribution in [2.45, 2.75) is 246 Å². The molecule has 143 heavy (non-hydrogen) atoms. The zero-order valence-corrected chi connectivity index (χ0v) is 82.4. The zero-order chi connectivity index (χ0) is 103. The molecule has 12 aromatic rings. The fourth-order valence-corrected chi connectivity index (χ4v) is 20.0. The maximum atomic E-state index is 13.4. The van der Waals surface area contributed by atoms with Crippen LogP contribution in [0.15, 0.2) is 164 Å². The lowest BCUT2D eigenvalue weighted by molar-refractivity contribution is -0.287. The first-order valence-electron chi connectivity index (χ1n) is 47.2. The number of alkyl halides is 6. The highest BCUT2D eigenvalue weighted by Gasteiger charge is 2.57. The Morgan fingerprint density at radius 1 is 0.420 bits per heavy atom. The topological polar surface area (TPSA) is 403 Å². The number of hydrogen-bond donors (Lipinski definition) is 12. The number of hydrogen-bond acceptors (Lipinski definition) is 20. The molecular formula is C105H136Cl2F6N10O19S. The summed E-state index contributed by atoms with van der Waals surface area (Å²) in [7, 11) is -3.44. The van der Waals surface area contributed by atoms with Crippen LogP contribution in [0.25, 0.3) is 43.6 Å². The molecule has 0 saturated heterocycles. The molecule has 0 radical (unpaired) electrons. The van der Waals surface area contributed by atoms with Gasteiger partial charge in [0.1, 0.15) is 6.07 Å². The molecule has 0 bridgehead atoms. The summed E-state index contributed by atoms with van der Waals surface area (Å²) in [6.45, 7) is 18.3. The van der Waals surface area contributed by atoms with E-state index in [0.29, 0.717) is 113 Å². The van der Waals surface area contributed by atoms with Gasteiger partial charge < -0.3 is 104 Å². The molecule has 4 amide bonds. The van der Waals surface area contributed by atoms with Crippen molar-refractivity contribution in [1.82, 2.24) is 23.0 Å². The molecule has 8 aliphatic rings. The van der Waals surface area contributed by atoms with E-state index in [1.807, 2.05) is 122 Å². The Labute approximate surface area is 847 Å². The zero-order valence-electron chi connectivity index (χ0n) is 80.1. The van der Waals surface area contributed by atoms with E-state index in [0.717, 1.165) is 98.4 Å². The molecule has 5 saturated carbocycles. The predicted molar refractivity (Wildman–Crippen MR) is 551 cm³/mol. The Balaban J connectivity index is 0.000000354. The van der Waals surface area contributed by atoms with Crippen LogP contribution >= 0.6 is 23.2 Å². The number of ether oxygens (including phenoxy) is 6. The number of fused-ring (bicyclic) bond motifs is 7. The van der Waals surface area contributed by atoms with Crippen molar-refractivity contribution in [3.05, 3.63) is 224 Å². The maximum absolute atomic E-state index is 13.4. The van der Waals surface area contributed by atoms with Gasteiger partial charge in [0, 0.05) is 123 Å². The molecule has 0 spiro atoms. The van der Waals surface area contributed by atoms with Crippen LogP contribution in [0.4, 0.5) is 49.1 Å². The number of anilines is 4. The lowest BCUT2D eigenvalue weighted by Gasteiger charge is -2.27. The molecule has 20 rings (SSSR count). The van der Waals surface area contributed by atoms with Crippen molar-refractivity contribution in [2.75, 3.05) is 53.9 Å². The van der Waals surface area contributed by atoms with Gasteiger partial charge in [-0.25, -0.2) is 13.1 Å². The molecule has 38 heteroatoms. The Morgan fingerprint density at radius 2 is 0.741 bits per heavy atom. The molecule has 12 N–H and O–H groups in total. The van der Waals surface area contributed by atoms with Crippen molar-refractivity contribution >= 4 is 123 Å². The average molecular weight is 2060 g/mol. The van der Waals surface area contributed by atoms with Crippen LogP contribution in [0.3, 0.4) is 0 Å². The molecule has 5 aliphatic carbocycles. The quantitative estimate of drug-likeness (QED) is 0.0213. The van der Waals surface area contributed by atoms with Gasteiger partial charge in [-0.3, -0.25) is 19.2 Å². The second-order valence-corrected chi connectivity index (χ2v) is 44.1. The average Bonchev–Trinajstić information content (AvgIpc) is 1.61. The second kappa shape index (κ2) is 38.1. The standard InChI is InChI=1S/C27H31F2N3O6S.C27H27F2N3O5.C26H26F2N2O5.C25H28Cl2N2O3.12H2/c1-25(2,3)23-12-16-11-18(6-7-20(16)32(23)15-19(33)14-30-39(4,35)36)31-24(34)26(9-10-26)17-5-8-21-22(13-17)38-27(28,29)37-21;1-25(2,3)23-10-15-8-19(16(12-30)9-20(15)32(23)13-18(34)14-33)31-24(35)26(6-7-26)17-4-5-21-22(11-17)37-27(28,29)36-21;27-26(28)34-22-7-4-17(12-23(22)35-26)25(8-9-25)24(33)29-18-5-6-20-16(10-18)11-21(15-2-1-3-15)30(20)13-19(32)14-31;1-24(2,3)22-11-15-10-17(5-7-21(15)29(22)13-18(31)14-30)28-23(32)25(8-9-25)16-4-6-19(26)20(27)12-16;;;;;;;;;;;;/h5-8,11-13,19,30,33H,9-10,14-15H2,1-4H3,(H,31,34);4-5,8-11,18,33-34H,6-7,13-14H2,1-3H3,(H,31,35);4-7,10-12,15,19,31-32H,1-3,8-9,13-14H2,(H,29,33);4-7,10-12,18,30-31H,8-9,13-14H2,1-3H3,(H,28,32);12*1H/t19-;18-;19-;18-;;;;;;;;;;;;/m0111............/s1. The SMILES string of the molecule is CC(C)(C)c1cc2cc(NC(=O)C3(c4ccc(Cl)c(Cl)c4)CC3)ccc2n1C[C@@H](O)CO.CC(C)(C)c1cc2cc(NC(=O)C3(c4ccc5c(c4)OC(F)(F)O5)CC3)c(C#N)cc2n1C[C@@H](O)CO.CC(C)(C)c1cc2cc(NC(=O)C3(c4ccc5c(c4)OC(F)(F)O5)CC3)ccc2n1C[C@@H](O)CNS(C)(=O)=O.O=C(Nc1ccc2c(c1)cc(C1CCC1)n2C[C@@H](O)CO)C1(c2ccc3c(c2)OC(F)(F)O3)CC1.[HH].[HH].[HH].[HH].[HH].[HH].[HH].[HH].[HH].[HH].[HH].[HH]. The fraction of sp³-hybridized carbons (Fsp3) is 0.419. The number of carbonyl (C=O) groups is 4.